The van der Waals surface area contributed by atoms with Crippen molar-refractivity contribution in [2.24, 2.45) is 10.9 Å². The van der Waals surface area contributed by atoms with Crippen LogP contribution in [0.5, 0.6) is 0 Å². The fraction of sp³-hybridized carbons (Fsp3) is 0.682. The van der Waals surface area contributed by atoms with Gasteiger partial charge in [0, 0.05) is 51.7 Å². The standard InChI is InChI=1S/C22H38N4O2.HI/c1-3-23-22(24-13-5-6-16-28-4-2)25-17-19-7-9-21(10-8-19)26-14-11-20(18-27)12-15-26;/h7-10,20,27H,3-6,11-18H2,1-2H3,(H2,23,24,25);1H. The average molecular weight is 518 g/mol. The number of nitrogens with zero attached hydrogens (tertiary/aromatic N) is 2. The predicted octanol–water partition coefficient (Wildman–Crippen LogP) is 3.39. The van der Waals surface area contributed by atoms with Gasteiger partial charge in [-0.3, -0.25) is 0 Å². The van der Waals surface area contributed by atoms with Crippen LogP contribution in [0.15, 0.2) is 29.3 Å². The Bertz CT molecular complexity index is 560. The van der Waals surface area contributed by atoms with E-state index in [1.165, 1.54) is 11.3 Å². The van der Waals surface area contributed by atoms with Crippen LogP contribution in [0.2, 0.25) is 0 Å². The number of aliphatic imine (C=N–C) groups is 1. The molecule has 0 atom stereocenters. The summed E-state index contributed by atoms with van der Waals surface area (Å²) in [5, 5.41) is 16.0. The SMILES string of the molecule is CCNC(=NCc1ccc(N2CCC(CO)CC2)cc1)NCCCCOCC.I. The zero-order valence-electron chi connectivity index (χ0n) is 18.0. The minimum absolute atomic E-state index is 0. The van der Waals surface area contributed by atoms with Crippen molar-refractivity contribution in [1.29, 1.82) is 0 Å². The Morgan fingerprint density at radius 1 is 1.14 bits per heavy atom. The van der Waals surface area contributed by atoms with Crippen LogP contribution in [0.1, 0.15) is 45.1 Å². The van der Waals surface area contributed by atoms with Crippen molar-refractivity contribution in [1.82, 2.24) is 10.6 Å². The Morgan fingerprint density at radius 3 is 2.48 bits per heavy atom. The molecule has 6 nitrogen and oxygen atoms in total. The van der Waals surface area contributed by atoms with Gasteiger partial charge in [0.2, 0.25) is 0 Å². The first-order valence-electron chi connectivity index (χ1n) is 10.8. The monoisotopic (exact) mass is 518 g/mol. The average Bonchev–Trinajstić information content (AvgIpc) is 2.75. The molecule has 0 spiro atoms. The zero-order valence-corrected chi connectivity index (χ0v) is 20.4. The van der Waals surface area contributed by atoms with Crippen LogP contribution < -0.4 is 15.5 Å². The molecule has 0 bridgehead atoms. The molecule has 1 aromatic carbocycles. The molecule has 1 saturated heterocycles. The molecular formula is C22H39IN4O2. The Labute approximate surface area is 193 Å². The quantitative estimate of drug-likeness (QED) is 0.181. The van der Waals surface area contributed by atoms with Gasteiger partial charge in [0.25, 0.3) is 0 Å². The van der Waals surface area contributed by atoms with Gasteiger partial charge in [0.1, 0.15) is 0 Å². The van der Waals surface area contributed by atoms with E-state index >= 15 is 0 Å². The van der Waals surface area contributed by atoms with Gasteiger partial charge >= 0.3 is 0 Å². The summed E-state index contributed by atoms with van der Waals surface area (Å²) in [5.41, 5.74) is 2.48. The number of hydrogen-bond acceptors (Lipinski definition) is 4. The van der Waals surface area contributed by atoms with Crippen molar-refractivity contribution < 1.29 is 9.84 Å². The van der Waals surface area contributed by atoms with Gasteiger partial charge in [-0.05, 0) is 63.1 Å². The van der Waals surface area contributed by atoms with Crippen molar-refractivity contribution in [3.8, 4) is 0 Å². The van der Waals surface area contributed by atoms with Crippen molar-refractivity contribution in [2.75, 3.05) is 50.9 Å². The zero-order chi connectivity index (χ0) is 20.0. The first-order chi connectivity index (χ1) is 13.8. The number of benzene rings is 1. The predicted molar refractivity (Wildman–Crippen MR) is 132 cm³/mol. The molecule has 3 N–H and O–H groups in total. The molecule has 0 saturated carbocycles. The number of piperidine rings is 1. The molecule has 0 unspecified atom stereocenters. The normalized spacial score (nSPS) is 15.1. The number of nitrogens with one attached hydrogen (secondary N) is 2. The molecule has 1 aliphatic heterocycles. The van der Waals surface area contributed by atoms with Crippen LogP contribution in [0.25, 0.3) is 0 Å². The minimum atomic E-state index is 0. The molecule has 1 aliphatic rings. The van der Waals surface area contributed by atoms with Crippen molar-refractivity contribution >= 4 is 35.6 Å². The highest BCUT2D eigenvalue weighted by Crippen LogP contribution is 2.23. The summed E-state index contributed by atoms with van der Waals surface area (Å²) in [6.45, 7) is 10.5. The number of ether oxygens (including phenoxy) is 1. The molecule has 1 fully saturated rings. The molecule has 29 heavy (non-hydrogen) atoms. The third kappa shape index (κ3) is 10.00. The van der Waals surface area contributed by atoms with Crippen LogP contribution in [0.3, 0.4) is 0 Å². The lowest BCUT2D eigenvalue weighted by Crippen LogP contribution is -2.37. The van der Waals surface area contributed by atoms with Crippen LogP contribution >= 0.6 is 24.0 Å². The maximum absolute atomic E-state index is 9.28. The van der Waals surface area contributed by atoms with Gasteiger partial charge in [-0.15, -0.1) is 24.0 Å². The van der Waals surface area contributed by atoms with Crippen molar-refractivity contribution in [3.63, 3.8) is 0 Å². The fourth-order valence-corrected chi connectivity index (χ4v) is 3.38. The second kappa shape index (κ2) is 15.7. The highest BCUT2D eigenvalue weighted by molar-refractivity contribution is 14.0. The molecule has 1 heterocycles. The largest absolute Gasteiger partial charge is 0.396 e. The summed E-state index contributed by atoms with van der Waals surface area (Å²) in [6, 6.07) is 8.72. The lowest BCUT2D eigenvalue weighted by Gasteiger charge is -2.32. The number of rotatable bonds is 11. The highest BCUT2D eigenvalue weighted by Gasteiger charge is 2.18. The molecule has 166 valence electrons. The van der Waals surface area contributed by atoms with Crippen LogP contribution in [0, 0.1) is 5.92 Å². The number of halogens is 1. The Kier molecular flexibility index (Phi) is 14.1. The number of aliphatic hydroxyl groups is 1. The van der Waals surface area contributed by atoms with E-state index in [4.69, 9.17) is 9.73 Å². The molecule has 0 aliphatic carbocycles. The number of aliphatic hydroxyl groups excluding tert-OH is 1. The van der Waals surface area contributed by atoms with Crippen LogP contribution in [-0.4, -0.2) is 57.1 Å². The Balaban J connectivity index is 0.00000420. The smallest absolute Gasteiger partial charge is 0.191 e. The lowest BCUT2D eigenvalue weighted by atomic mass is 9.97. The Hall–Kier alpha value is -1.06. The van der Waals surface area contributed by atoms with Gasteiger partial charge in [-0.1, -0.05) is 12.1 Å². The van der Waals surface area contributed by atoms with E-state index < -0.39 is 0 Å². The summed E-state index contributed by atoms with van der Waals surface area (Å²) in [5.74, 6) is 1.34. The molecule has 7 heteroatoms. The summed E-state index contributed by atoms with van der Waals surface area (Å²) in [4.78, 5) is 7.11. The number of unbranched alkanes of at least 4 members (excludes halogenated alkanes) is 1. The molecule has 1 aromatic rings. The van der Waals surface area contributed by atoms with E-state index in [2.05, 4.69) is 46.7 Å². The maximum Gasteiger partial charge on any atom is 0.191 e. The second-order valence-corrected chi connectivity index (χ2v) is 7.31. The highest BCUT2D eigenvalue weighted by atomic mass is 127. The summed E-state index contributed by atoms with van der Waals surface area (Å²) in [7, 11) is 0. The van der Waals surface area contributed by atoms with Gasteiger partial charge in [-0.25, -0.2) is 4.99 Å². The van der Waals surface area contributed by atoms with E-state index in [1.54, 1.807) is 0 Å². The van der Waals surface area contributed by atoms with Gasteiger partial charge in [0.15, 0.2) is 5.96 Å². The molecule has 0 aromatic heterocycles. The van der Waals surface area contributed by atoms with Gasteiger partial charge in [0.05, 0.1) is 6.54 Å². The number of hydrogen-bond donors (Lipinski definition) is 3. The topological polar surface area (TPSA) is 69.1 Å². The van der Waals surface area contributed by atoms with Gasteiger partial charge < -0.3 is 25.4 Å². The summed E-state index contributed by atoms with van der Waals surface area (Å²) >= 11 is 0. The van der Waals surface area contributed by atoms with E-state index in [0.29, 0.717) is 19.1 Å². The van der Waals surface area contributed by atoms with Crippen LogP contribution in [0.4, 0.5) is 5.69 Å². The second-order valence-electron chi connectivity index (χ2n) is 7.31. The maximum atomic E-state index is 9.28. The van der Waals surface area contributed by atoms with E-state index in [1.807, 2.05) is 6.92 Å². The van der Waals surface area contributed by atoms with E-state index in [0.717, 1.165) is 71.0 Å². The summed E-state index contributed by atoms with van der Waals surface area (Å²) in [6.07, 6.45) is 4.29. The van der Waals surface area contributed by atoms with E-state index in [9.17, 15) is 5.11 Å². The third-order valence-electron chi connectivity index (χ3n) is 5.15. The fourth-order valence-electron chi connectivity index (χ4n) is 3.38. The molecular weight excluding hydrogens is 479 g/mol. The number of guanidine groups is 1. The first kappa shape index (κ1) is 26.0. The Morgan fingerprint density at radius 2 is 1.86 bits per heavy atom. The lowest BCUT2D eigenvalue weighted by molar-refractivity contribution is 0.143. The van der Waals surface area contributed by atoms with Crippen LogP contribution in [-0.2, 0) is 11.3 Å². The van der Waals surface area contributed by atoms with Gasteiger partial charge in [-0.2, -0.15) is 0 Å². The van der Waals surface area contributed by atoms with Crippen molar-refractivity contribution in [3.05, 3.63) is 29.8 Å². The first-order valence-corrected chi connectivity index (χ1v) is 10.8. The minimum Gasteiger partial charge on any atom is -0.396 e. The molecule has 0 radical (unpaired) electrons. The summed E-state index contributed by atoms with van der Waals surface area (Å²) < 4.78 is 5.37. The molecule has 2 rings (SSSR count). The van der Waals surface area contributed by atoms with E-state index in [-0.39, 0.29) is 24.0 Å². The third-order valence-corrected chi connectivity index (χ3v) is 5.15. The molecule has 0 amide bonds. The van der Waals surface area contributed by atoms with Crippen molar-refractivity contribution in [2.45, 2.75) is 46.1 Å². The number of anilines is 1.